The van der Waals surface area contributed by atoms with Gasteiger partial charge >= 0.3 is 0 Å². The molecule has 1 saturated heterocycles. The van der Waals surface area contributed by atoms with E-state index in [2.05, 4.69) is 0 Å². The lowest BCUT2D eigenvalue weighted by molar-refractivity contribution is 0.160. The highest BCUT2D eigenvalue weighted by Gasteiger charge is 2.32. The SMILES string of the molecule is COCCCCC(CO)C1CCS(=O)(=O)C1. The van der Waals surface area contributed by atoms with Gasteiger partial charge in [0, 0.05) is 20.3 Å². The van der Waals surface area contributed by atoms with Gasteiger partial charge in [-0.2, -0.15) is 0 Å². The summed E-state index contributed by atoms with van der Waals surface area (Å²) in [4.78, 5) is 0. The molecule has 0 amide bonds. The molecular weight excluding hydrogens is 228 g/mol. The molecule has 2 unspecified atom stereocenters. The van der Waals surface area contributed by atoms with Gasteiger partial charge in [-0.3, -0.25) is 0 Å². The average Bonchev–Trinajstić information content (AvgIpc) is 2.59. The maximum Gasteiger partial charge on any atom is 0.150 e. The van der Waals surface area contributed by atoms with Crippen LogP contribution in [0.5, 0.6) is 0 Å². The highest BCUT2D eigenvalue weighted by Crippen LogP contribution is 2.29. The number of unbranched alkanes of at least 4 members (excludes halogenated alkanes) is 1. The minimum absolute atomic E-state index is 0.104. The second kappa shape index (κ2) is 6.57. The lowest BCUT2D eigenvalue weighted by Crippen LogP contribution is -2.20. The summed E-state index contributed by atoms with van der Waals surface area (Å²) in [6.07, 6.45) is 3.60. The minimum atomic E-state index is -2.82. The Balaban J connectivity index is 2.31. The molecule has 2 atom stereocenters. The molecule has 0 aromatic carbocycles. The lowest BCUT2D eigenvalue weighted by atomic mass is 9.88. The number of hydrogen-bond donors (Lipinski definition) is 1. The highest BCUT2D eigenvalue weighted by atomic mass is 32.2. The van der Waals surface area contributed by atoms with Gasteiger partial charge in [-0.15, -0.1) is 0 Å². The van der Waals surface area contributed by atoms with Crippen LogP contribution in [0.3, 0.4) is 0 Å². The zero-order chi connectivity index (χ0) is 12.0. The van der Waals surface area contributed by atoms with E-state index >= 15 is 0 Å². The Bertz CT molecular complexity index is 286. The van der Waals surface area contributed by atoms with Crippen molar-refractivity contribution in [3.05, 3.63) is 0 Å². The normalized spacial score (nSPS) is 25.8. The van der Waals surface area contributed by atoms with Gasteiger partial charge in [-0.05, 0) is 31.1 Å². The zero-order valence-corrected chi connectivity index (χ0v) is 10.7. The molecular formula is C11H22O4S. The summed E-state index contributed by atoms with van der Waals surface area (Å²) >= 11 is 0. The van der Waals surface area contributed by atoms with E-state index in [1.165, 1.54) is 0 Å². The third-order valence-corrected chi connectivity index (χ3v) is 5.14. The monoisotopic (exact) mass is 250 g/mol. The predicted octanol–water partition coefficient (Wildman–Crippen LogP) is 0.846. The molecule has 0 aliphatic carbocycles. The summed E-state index contributed by atoms with van der Waals surface area (Å²) in [6.45, 7) is 0.842. The van der Waals surface area contributed by atoms with Crippen LogP contribution in [0.25, 0.3) is 0 Å². The summed E-state index contributed by atoms with van der Waals surface area (Å²) in [5.41, 5.74) is 0. The van der Waals surface area contributed by atoms with Crippen LogP contribution in [-0.2, 0) is 14.6 Å². The number of methoxy groups -OCH3 is 1. The number of rotatable bonds is 7. The average molecular weight is 250 g/mol. The Labute approximate surface area is 97.9 Å². The zero-order valence-electron chi connectivity index (χ0n) is 9.89. The molecule has 1 heterocycles. The third-order valence-electron chi connectivity index (χ3n) is 3.34. The van der Waals surface area contributed by atoms with Gasteiger partial charge in [0.1, 0.15) is 0 Å². The van der Waals surface area contributed by atoms with E-state index in [4.69, 9.17) is 4.74 Å². The lowest BCUT2D eigenvalue weighted by Gasteiger charge is -2.19. The molecule has 0 radical (unpaired) electrons. The van der Waals surface area contributed by atoms with Gasteiger partial charge in [0.2, 0.25) is 0 Å². The molecule has 4 nitrogen and oxygen atoms in total. The molecule has 96 valence electrons. The van der Waals surface area contributed by atoms with E-state index in [0.717, 1.165) is 32.3 Å². The standard InChI is InChI=1S/C11H22O4S/c1-15-6-3-2-4-10(8-12)11-5-7-16(13,14)9-11/h10-12H,2-9H2,1H3. The van der Waals surface area contributed by atoms with Crippen LogP contribution in [0.2, 0.25) is 0 Å². The first kappa shape index (κ1) is 13.9. The van der Waals surface area contributed by atoms with Crippen molar-refractivity contribution < 1.29 is 18.3 Å². The largest absolute Gasteiger partial charge is 0.396 e. The van der Waals surface area contributed by atoms with E-state index < -0.39 is 9.84 Å². The molecule has 1 fully saturated rings. The maximum atomic E-state index is 11.3. The molecule has 0 spiro atoms. The first-order valence-electron chi connectivity index (χ1n) is 5.89. The highest BCUT2D eigenvalue weighted by molar-refractivity contribution is 7.91. The number of aliphatic hydroxyl groups excluding tert-OH is 1. The molecule has 1 aliphatic heterocycles. The topological polar surface area (TPSA) is 63.6 Å². The molecule has 16 heavy (non-hydrogen) atoms. The molecule has 0 aromatic heterocycles. The van der Waals surface area contributed by atoms with Crippen LogP contribution < -0.4 is 0 Å². The Kier molecular flexibility index (Phi) is 5.72. The van der Waals surface area contributed by atoms with Crippen LogP contribution in [0.1, 0.15) is 25.7 Å². The second-order valence-corrected chi connectivity index (χ2v) is 6.82. The van der Waals surface area contributed by atoms with E-state index in [-0.39, 0.29) is 24.2 Å². The van der Waals surface area contributed by atoms with E-state index in [9.17, 15) is 13.5 Å². The first-order valence-corrected chi connectivity index (χ1v) is 7.71. The summed E-state index contributed by atoms with van der Waals surface area (Å²) in [5, 5.41) is 9.29. The van der Waals surface area contributed by atoms with Gasteiger partial charge in [-0.25, -0.2) is 8.42 Å². The van der Waals surface area contributed by atoms with Crippen LogP contribution in [0.15, 0.2) is 0 Å². The van der Waals surface area contributed by atoms with Crippen molar-refractivity contribution >= 4 is 9.84 Å². The number of sulfone groups is 1. The van der Waals surface area contributed by atoms with Crippen molar-refractivity contribution in [2.75, 3.05) is 31.8 Å². The first-order chi connectivity index (χ1) is 7.59. The van der Waals surface area contributed by atoms with Crippen LogP contribution in [-0.4, -0.2) is 45.4 Å². The van der Waals surface area contributed by atoms with E-state index in [1.54, 1.807) is 7.11 Å². The number of aliphatic hydroxyl groups is 1. The molecule has 1 rings (SSSR count). The number of ether oxygens (including phenoxy) is 1. The fourth-order valence-electron chi connectivity index (χ4n) is 2.32. The summed E-state index contributed by atoms with van der Waals surface area (Å²) in [5.74, 6) is 0.876. The molecule has 1 N–H and O–H groups in total. The van der Waals surface area contributed by atoms with Crippen molar-refractivity contribution in [2.24, 2.45) is 11.8 Å². The summed E-state index contributed by atoms with van der Waals surface area (Å²) in [6, 6.07) is 0. The van der Waals surface area contributed by atoms with Gasteiger partial charge in [0.05, 0.1) is 11.5 Å². The van der Waals surface area contributed by atoms with Gasteiger partial charge < -0.3 is 9.84 Å². The van der Waals surface area contributed by atoms with Crippen molar-refractivity contribution in [3.63, 3.8) is 0 Å². The summed E-state index contributed by atoms with van der Waals surface area (Å²) < 4.78 is 27.6. The maximum absolute atomic E-state index is 11.3. The van der Waals surface area contributed by atoms with Crippen molar-refractivity contribution in [1.29, 1.82) is 0 Å². The Morgan fingerprint density at radius 3 is 2.69 bits per heavy atom. The summed E-state index contributed by atoms with van der Waals surface area (Å²) in [7, 11) is -1.15. The van der Waals surface area contributed by atoms with Crippen LogP contribution in [0, 0.1) is 11.8 Å². The molecule has 5 heteroatoms. The second-order valence-electron chi connectivity index (χ2n) is 4.59. The Morgan fingerprint density at radius 2 is 2.19 bits per heavy atom. The fourth-order valence-corrected chi connectivity index (χ4v) is 4.24. The van der Waals surface area contributed by atoms with Gasteiger partial charge in [-0.1, -0.05) is 6.42 Å². The fraction of sp³-hybridized carbons (Fsp3) is 1.00. The smallest absolute Gasteiger partial charge is 0.150 e. The van der Waals surface area contributed by atoms with Gasteiger partial charge in [0.15, 0.2) is 9.84 Å². The third kappa shape index (κ3) is 4.39. The van der Waals surface area contributed by atoms with Crippen molar-refractivity contribution in [3.8, 4) is 0 Å². The number of hydrogen-bond acceptors (Lipinski definition) is 4. The van der Waals surface area contributed by atoms with Crippen LogP contribution in [0.4, 0.5) is 0 Å². The Morgan fingerprint density at radius 1 is 1.44 bits per heavy atom. The minimum Gasteiger partial charge on any atom is -0.396 e. The van der Waals surface area contributed by atoms with Gasteiger partial charge in [0.25, 0.3) is 0 Å². The van der Waals surface area contributed by atoms with Crippen molar-refractivity contribution in [2.45, 2.75) is 25.7 Å². The molecule has 0 bridgehead atoms. The van der Waals surface area contributed by atoms with E-state index in [0.29, 0.717) is 5.75 Å². The molecule has 1 aliphatic rings. The predicted molar refractivity (Wildman–Crippen MR) is 63.1 cm³/mol. The van der Waals surface area contributed by atoms with Crippen molar-refractivity contribution in [1.82, 2.24) is 0 Å². The quantitative estimate of drug-likeness (QED) is 0.680. The van der Waals surface area contributed by atoms with Crippen LogP contribution >= 0.6 is 0 Å². The molecule has 0 aromatic rings. The molecule has 0 saturated carbocycles. The van der Waals surface area contributed by atoms with E-state index in [1.807, 2.05) is 0 Å². The Hall–Kier alpha value is -0.130.